The van der Waals surface area contributed by atoms with E-state index >= 15 is 0 Å². The van der Waals surface area contributed by atoms with Crippen LogP contribution in [-0.2, 0) is 5.60 Å². The van der Waals surface area contributed by atoms with Crippen molar-refractivity contribution in [3.05, 3.63) is 34.9 Å². The number of benzene rings is 1. The number of halogens is 1. The van der Waals surface area contributed by atoms with Gasteiger partial charge in [-0.1, -0.05) is 44.5 Å². The van der Waals surface area contributed by atoms with Gasteiger partial charge in [-0.15, -0.1) is 0 Å². The highest BCUT2D eigenvalue weighted by atomic mass is 35.5. The zero-order valence-corrected chi connectivity index (χ0v) is 12.8. The second-order valence-electron chi connectivity index (χ2n) is 6.24. The van der Waals surface area contributed by atoms with E-state index < -0.39 is 5.60 Å². The molecule has 2 nitrogen and oxygen atoms in total. The molecule has 0 amide bonds. The van der Waals surface area contributed by atoms with Crippen LogP contribution in [-0.4, -0.2) is 29.6 Å². The number of hydrogen-bond acceptors (Lipinski definition) is 2. The molecule has 2 rings (SSSR count). The Morgan fingerprint density at radius 3 is 2.53 bits per heavy atom. The van der Waals surface area contributed by atoms with E-state index in [0.29, 0.717) is 5.92 Å². The maximum Gasteiger partial charge on any atom is 0.0946 e. The second kappa shape index (κ2) is 5.82. The maximum absolute atomic E-state index is 11.0. The molecule has 19 heavy (non-hydrogen) atoms. The summed E-state index contributed by atoms with van der Waals surface area (Å²) in [7, 11) is 0. The van der Waals surface area contributed by atoms with E-state index in [2.05, 4.69) is 25.7 Å². The van der Waals surface area contributed by atoms with E-state index in [1.54, 1.807) is 0 Å². The summed E-state index contributed by atoms with van der Waals surface area (Å²) in [4.78, 5) is 2.46. The Kier molecular flexibility index (Phi) is 4.54. The lowest BCUT2D eigenvalue weighted by Crippen LogP contribution is -2.49. The number of hydrogen-bond donors (Lipinski definition) is 1. The van der Waals surface area contributed by atoms with Crippen LogP contribution >= 0.6 is 11.6 Å². The highest BCUT2D eigenvalue weighted by Crippen LogP contribution is 2.37. The molecule has 0 bridgehead atoms. The summed E-state index contributed by atoms with van der Waals surface area (Å²) in [6, 6.07) is 7.64. The largest absolute Gasteiger partial charge is 0.385 e. The minimum absolute atomic E-state index is 0.237. The molecule has 1 aliphatic heterocycles. The Hall–Kier alpha value is -0.570. The molecule has 1 fully saturated rings. The van der Waals surface area contributed by atoms with Crippen molar-refractivity contribution in [2.75, 3.05) is 19.6 Å². The molecule has 0 aromatic heterocycles. The monoisotopic (exact) mass is 281 g/mol. The third-order valence-corrected chi connectivity index (χ3v) is 4.38. The topological polar surface area (TPSA) is 23.5 Å². The zero-order chi connectivity index (χ0) is 14.0. The van der Waals surface area contributed by atoms with Crippen molar-refractivity contribution in [1.29, 1.82) is 0 Å². The first-order valence-electron chi connectivity index (χ1n) is 7.12. The predicted molar refractivity (Wildman–Crippen MR) is 80.4 cm³/mol. The summed E-state index contributed by atoms with van der Waals surface area (Å²) in [6.45, 7) is 9.65. The van der Waals surface area contributed by atoms with Gasteiger partial charge in [0.25, 0.3) is 0 Å². The first-order chi connectivity index (χ1) is 8.91. The molecule has 0 saturated carbocycles. The van der Waals surface area contributed by atoms with Crippen molar-refractivity contribution >= 4 is 11.6 Å². The fraction of sp³-hybridized carbons (Fsp3) is 0.625. The third kappa shape index (κ3) is 3.31. The Bertz CT molecular complexity index is 417. The van der Waals surface area contributed by atoms with Gasteiger partial charge in [-0.3, -0.25) is 0 Å². The van der Waals surface area contributed by atoms with Gasteiger partial charge in [0.05, 0.1) is 5.60 Å². The highest BCUT2D eigenvalue weighted by Gasteiger charge is 2.40. The maximum atomic E-state index is 11.0. The lowest BCUT2D eigenvalue weighted by Gasteiger charge is -2.44. The molecule has 0 spiro atoms. The summed E-state index contributed by atoms with van der Waals surface area (Å²) in [6.07, 6.45) is 0.794. The number of nitrogens with zero attached hydrogens (tertiary/aromatic N) is 1. The molecule has 1 aliphatic rings. The number of likely N-dealkylation sites (tertiary alicyclic amines) is 1. The molecule has 1 heterocycles. The molecule has 1 saturated heterocycles. The summed E-state index contributed by atoms with van der Waals surface area (Å²) >= 11 is 5.92. The van der Waals surface area contributed by atoms with Crippen molar-refractivity contribution in [2.24, 2.45) is 11.8 Å². The fourth-order valence-electron chi connectivity index (χ4n) is 3.05. The SMILES string of the molecule is CC(C)CN1CCC(O)(c2ccc(Cl)cc2)C(C)C1. The van der Waals surface area contributed by atoms with Crippen LogP contribution in [0.4, 0.5) is 0 Å². The highest BCUT2D eigenvalue weighted by molar-refractivity contribution is 6.30. The standard InChI is InChI=1S/C16H24ClNO/c1-12(2)10-18-9-8-16(19,13(3)11-18)14-4-6-15(17)7-5-14/h4-7,12-13,19H,8-11H2,1-3H3. The van der Waals surface area contributed by atoms with E-state index in [0.717, 1.165) is 36.6 Å². The molecule has 1 N–H and O–H groups in total. The Balaban J connectivity index is 2.11. The molecule has 1 aromatic carbocycles. The number of rotatable bonds is 3. The quantitative estimate of drug-likeness (QED) is 0.916. The van der Waals surface area contributed by atoms with Gasteiger partial charge in [0.2, 0.25) is 0 Å². The van der Waals surface area contributed by atoms with E-state index in [1.807, 2.05) is 24.3 Å². The van der Waals surface area contributed by atoms with Gasteiger partial charge in [0.1, 0.15) is 0 Å². The van der Waals surface area contributed by atoms with Crippen LogP contribution in [0, 0.1) is 11.8 Å². The van der Waals surface area contributed by atoms with Crippen LogP contribution in [0.5, 0.6) is 0 Å². The van der Waals surface area contributed by atoms with Gasteiger partial charge in [-0.25, -0.2) is 0 Å². The third-order valence-electron chi connectivity index (χ3n) is 4.12. The van der Waals surface area contributed by atoms with Gasteiger partial charge < -0.3 is 10.0 Å². The number of aliphatic hydroxyl groups is 1. The van der Waals surface area contributed by atoms with Crippen molar-refractivity contribution in [1.82, 2.24) is 4.90 Å². The van der Waals surface area contributed by atoms with Gasteiger partial charge in [-0.2, -0.15) is 0 Å². The number of piperidine rings is 1. The van der Waals surface area contributed by atoms with E-state index in [1.165, 1.54) is 0 Å². The molecular weight excluding hydrogens is 258 g/mol. The minimum atomic E-state index is -0.710. The molecule has 1 aromatic rings. The molecule has 3 heteroatoms. The minimum Gasteiger partial charge on any atom is -0.385 e. The van der Waals surface area contributed by atoms with Crippen LogP contribution in [0.25, 0.3) is 0 Å². The lowest BCUT2D eigenvalue weighted by molar-refractivity contribution is -0.0727. The van der Waals surface area contributed by atoms with Crippen molar-refractivity contribution < 1.29 is 5.11 Å². The molecule has 0 radical (unpaired) electrons. The van der Waals surface area contributed by atoms with Gasteiger partial charge in [0.15, 0.2) is 0 Å². The van der Waals surface area contributed by atoms with Crippen LogP contribution in [0.1, 0.15) is 32.8 Å². The van der Waals surface area contributed by atoms with Crippen molar-refractivity contribution in [3.63, 3.8) is 0 Å². The van der Waals surface area contributed by atoms with Crippen LogP contribution in [0.15, 0.2) is 24.3 Å². The first kappa shape index (κ1) is 14.8. The van der Waals surface area contributed by atoms with Crippen molar-refractivity contribution in [2.45, 2.75) is 32.8 Å². The van der Waals surface area contributed by atoms with Crippen molar-refractivity contribution in [3.8, 4) is 0 Å². The Morgan fingerprint density at radius 2 is 2.00 bits per heavy atom. The van der Waals surface area contributed by atoms with E-state index in [-0.39, 0.29) is 5.92 Å². The smallest absolute Gasteiger partial charge is 0.0946 e. The van der Waals surface area contributed by atoms with E-state index in [9.17, 15) is 5.11 Å². The lowest BCUT2D eigenvalue weighted by atomic mass is 9.77. The normalized spacial score (nSPS) is 28.8. The average Bonchev–Trinajstić information content (AvgIpc) is 2.34. The van der Waals surface area contributed by atoms with Crippen LogP contribution in [0.2, 0.25) is 5.02 Å². The predicted octanol–water partition coefficient (Wildman–Crippen LogP) is 3.53. The second-order valence-corrected chi connectivity index (χ2v) is 6.67. The Labute approximate surface area is 121 Å². The summed E-state index contributed by atoms with van der Waals surface area (Å²) in [5.41, 5.74) is 0.284. The molecule has 0 aliphatic carbocycles. The zero-order valence-electron chi connectivity index (χ0n) is 12.1. The van der Waals surface area contributed by atoms with Gasteiger partial charge in [-0.05, 0) is 30.0 Å². The van der Waals surface area contributed by atoms with Gasteiger partial charge >= 0.3 is 0 Å². The van der Waals surface area contributed by atoms with Gasteiger partial charge in [0, 0.05) is 30.6 Å². The van der Waals surface area contributed by atoms with E-state index in [4.69, 9.17) is 11.6 Å². The fourth-order valence-corrected chi connectivity index (χ4v) is 3.18. The molecular formula is C16H24ClNO. The van der Waals surface area contributed by atoms with Crippen LogP contribution in [0.3, 0.4) is 0 Å². The molecule has 2 unspecified atom stereocenters. The Morgan fingerprint density at radius 1 is 1.37 bits per heavy atom. The summed E-state index contributed by atoms with van der Waals surface area (Å²) < 4.78 is 0. The molecule has 106 valence electrons. The molecule has 2 atom stereocenters. The van der Waals surface area contributed by atoms with Crippen LogP contribution < -0.4 is 0 Å². The first-order valence-corrected chi connectivity index (χ1v) is 7.50. The average molecular weight is 282 g/mol. The summed E-state index contributed by atoms with van der Waals surface area (Å²) in [5.74, 6) is 0.912. The summed E-state index contributed by atoms with van der Waals surface area (Å²) in [5, 5.41) is 11.7.